The van der Waals surface area contributed by atoms with Crippen LogP contribution >= 0.6 is 0 Å². The van der Waals surface area contributed by atoms with Crippen LogP contribution in [0.3, 0.4) is 0 Å². The van der Waals surface area contributed by atoms with Crippen LogP contribution in [0.25, 0.3) is 0 Å². The third kappa shape index (κ3) is 4.83. The molecule has 0 saturated heterocycles. The molecule has 1 rings (SSSR count). The fourth-order valence-corrected chi connectivity index (χ4v) is 2.29. The molecule has 9 nitrogen and oxygen atoms in total. The summed E-state index contributed by atoms with van der Waals surface area (Å²) in [5.74, 6) is -2.25. The summed E-state index contributed by atoms with van der Waals surface area (Å²) in [5, 5.41) is 0. The maximum Gasteiger partial charge on any atom is 0.367 e. The fourth-order valence-electron chi connectivity index (χ4n) is 2.29. The van der Waals surface area contributed by atoms with Crippen molar-refractivity contribution in [3.05, 3.63) is 0 Å². The maximum absolute atomic E-state index is 12.3. The first-order valence-corrected chi connectivity index (χ1v) is 7.69. The van der Waals surface area contributed by atoms with E-state index in [-0.39, 0.29) is 24.2 Å². The SMILES string of the molecule is COC(=O)C[C@@H](C=O)NOC(=O)C(N)(N)C(=O)CC1(C(C)C)CC1. The molecule has 0 spiro atoms. The van der Waals surface area contributed by atoms with Gasteiger partial charge in [-0.1, -0.05) is 13.8 Å². The Hall–Kier alpha value is -1.84. The minimum absolute atomic E-state index is 0.0893. The molecule has 0 aliphatic heterocycles. The van der Waals surface area contributed by atoms with E-state index in [0.717, 1.165) is 20.0 Å². The number of hydrogen-bond acceptors (Lipinski definition) is 9. The van der Waals surface area contributed by atoms with Crippen LogP contribution in [-0.2, 0) is 28.8 Å². The van der Waals surface area contributed by atoms with E-state index < -0.39 is 29.4 Å². The van der Waals surface area contributed by atoms with E-state index in [0.29, 0.717) is 6.29 Å². The topological polar surface area (TPSA) is 151 Å². The van der Waals surface area contributed by atoms with Gasteiger partial charge in [0, 0.05) is 6.42 Å². The van der Waals surface area contributed by atoms with Crippen LogP contribution in [-0.4, -0.2) is 42.8 Å². The quantitative estimate of drug-likeness (QED) is 0.152. The van der Waals surface area contributed by atoms with Crippen molar-refractivity contribution in [2.24, 2.45) is 22.8 Å². The Kier molecular flexibility index (Phi) is 6.58. The van der Waals surface area contributed by atoms with Crippen LogP contribution in [0.1, 0.15) is 39.5 Å². The Bertz CT molecular complexity index is 513. The summed E-state index contributed by atoms with van der Waals surface area (Å²) in [6.07, 6.45) is 1.86. The lowest BCUT2D eigenvalue weighted by Crippen LogP contribution is -2.64. The lowest BCUT2D eigenvalue weighted by Gasteiger charge is -2.25. The van der Waals surface area contributed by atoms with Gasteiger partial charge in [-0.05, 0) is 24.2 Å². The highest BCUT2D eigenvalue weighted by Crippen LogP contribution is 2.55. The summed E-state index contributed by atoms with van der Waals surface area (Å²) >= 11 is 0. The van der Waals surface area contributed by atoms with Crippen molar-refractivity contribution in [3.63, 3.8) is 0 Å². The summed E-state index contributed by atoms with van der Waals surface area (Å²) in [4.78, 5) is 50.8. The number of carbonyl (C=O) groups is 4. The van der Waals surface area contributed by atoms with E-state index >= 15 is 0 Å². The number of hydrogen-bond donors (Lipinski definition) is 3. The number of nitrogens with two attached hydrogens (primary N) is 2. The normalized spacial score (nSPS) is 17.1. The van der Waals surface area contributed by atoms with Gasteiger partial charge in [0.1, 0.15) is 12.3 Å². The number of ketones is 1. The monoisotopic (exact) mass is 343 g/mol. The van der Waals surface area contributed by atoms with Crippen molar-refractivity contribution in [2.75, 3.05) is 7.11 Å². The molecular formula is C15H25N3O6. The third-order valence-corrected chi connectivity index (χ3v) is 4.51. The fraction of sp³-hybridized carbons (Fsp3) is 0.733. The molecule has 9 heteroatoms. The van der Waals surface area contributed by atoms with Crippen molar-refractivity contribution in [1.29, 1.82) is 0 Å². The number of rotatable bonds is 10. The highest BCUT2D eigenvalue weighted by atomic mass is 16.7. The minimum Gasteiger partial charge on any atom is -0.469 e. The average molecular weight is 343 g/mol. The van der Waals surface area contributed by atoms with Crippen LogP contribution in [0.15, 0.2) is 0 Å². The first-order valence-electron chi connectivity index (χ1n) is 7.69. The maximum atomic E-state index is 12.3. The molecule has 1 fully saturated rings. The molecule has 0 aromatic rings. The van der Waals surface area contributed by atoms with Gasteiger partial charge < -0.3 is 14.4 Å². The van der Waals surface area contributed by atoms with Crippen molar-refractivity contribution in [3.8, 4) is 0 Å². The molecule has 136 valence electrons. The van der Waals surface area contributed by atoms with E-state index in [2.05, 4.69) is 15.1 Å². The predicted octanol–water partition coefficient (Wildman–Crippen LogP) is -0.826. The lowest BCUT2D eigenvalue weighted by atomic mass is 9.84. The van der Waals surface area contributed by atoms with Gasteiger partial charge in [0.2, 0.25) is 5.66 Å². The molecule has 0 bridgehead atoms. The molecule has 1 aliphatic carbocycles. The van der Waals surface area contributed by atoms with E-state index in [4.69, 9.17) is 11.5 Å². The van der Waals surface area contributed by atoms with Gasteiger partial charge >= 0.3 is 11.9 Å². The molecule has 0 heterocycles. The molecule has 1 atom stereocenters. The zero-order valence-corrected chi connectivity index (χ0v) is 14.2. The predicted molar refractivity (Wildman–Crippen MR) is 82.9 cm³/mol. The lowest BCUT2D eigenvalue weighted by molar-refractivity contribution is -0.164. The molecule has 5 N–H and O–H groups in total. The molecule has 0 amide bonds. The van der Waals surface area contributed by atoms with Crippen molar-refractivity contribution in [1.82, 2.24) is 5.48 Å². The van der Waals surface area contributed by atoms with Crippen LogP contribution in [0.2, 0.25) is 0 Å². The number of ether oxygens (including phenoxy) is 1. The Balaban J connectivity index is 2.59. The van der Waals surface area contributed by atoms with E-state index in [1.165, 1.54) is 0 Å². The molecule has 1 saturated carbocycles. The highest BCUT2D eigenvalue weighted by Gasteiger charge is 2.51. The second-order valence-corrected chi connectivity index (χ2v) is 6.52. The van der Waals surface area contributed by atoms with Gasteiger partial charge in [0.05, 0.1) is 13.5 Å². The number of aldehydes is 1. The summed E-state index contributed by atoms with van der Waals surface area (Å²) in [5.41, 5.74) is 10.8. The van der Waals surface area contributed by atoms with Crippen molar-refractivity contribution < 1.29 is 28.8 Å². The Morgan fingerprint density at radius 3 is 2.29 bits per heavy atom. The van der Waals surface area contributed by atoms with Gasteiger partial charge in [-0.25, -0.2) is 4.79 Å². The molecule has 0 aromatic carbocycles. The van der Waals surface area contributed by atoms with Gasteiger partial charge in [0.25, 0.3) is 0 Å². The second kappa shape index (κ2) is 7.82. The zero-order valence-electron chi connectivity index (χ0n) is 14.2. The van der Waals surface area contributed by atoms with E-state index in [1.807, 2.05) is 13.8 Å². The summed E-state index contributed by atoms with van der Waals surface area (Å²) in [6.45, 7) is 3.99. The average Bonchev–Trinajstić information content (AvgIpc) is 3.31. The van der Waals surface area contributed by atoms with Gasteiger partial charge in [-0.15, -0.1) is 5.48 Å². The van der Waals surface area contributed by atoms with Gasteiger partial charge in [-0.3, -0.25) is 21.1 Å². The Morgan fingerprint density at radius 1 is 1.29 bits per heavy atom. The second-order valence-electron chi connectivity index (χ2n) is 6.52. The first-order chi connectivity index (χ1) is 11.1. The number of carbonyl (C=O) groups excluding carboxylic acids is 4. The zero-order chi connectivity index (χ0) is 18.5. The number of nitrogens with one attached hydrogen (secondary N) is 1. The molecule has 1 aliphatic rings. The van der Waals surface area contributed by atoms with Gasteiger partial charge in [-0.2, -0.15) is 0 Å². The number of methoxy groups -OCH3 is 1. The molecule has 0 radical (unpaired) electrons. The van der Waals surface area contributed by atoms with Gasteiger partial charge in [0.15, 0.2) is 5.78 Å². The van der Waals surface area contributed by atoms with Crippen LogP contribution < -0.4 is 16.9 Å². The smallest absolute Gasteiger partial charge is 0.367 e. The number of hydroxylamine groups is 1. The summed E-state index contributed by atoms with van der Waals surface area (Å²) < 4.78 is 4.40. The van der Waals surface area contributed by atoms with Crippen LogP contribution in [0.4, 0.5) is 0 Å². The highest BCUT2D eigenvalue weighted by molar-refractivity contribution is 6.07. The van der Waals surface area contributed by atoms with Crippen molar-refractivity contribution in [2.45, 2.75) is 51.2 Å². The van der Waals surface area contributed by atoms with Crippen molar-refractivity contribution >= 4 is 24.0 Å². The number of esters is 1. The third-order valence-electron chi connectivity index (χ3n) is 4.51. The largest absolute Gasteiger partial charge is 0.469 e. The Labute approximate surface area is 140 Å². The Morgan fingerprint density at radius 2 is 1.88 bits per heavy atom. The first kappa shape index (κ1) is 20.2. The molecule has 24 heavy (non-hydrogen) atoms. The van der Waals surface area contributed by atoms with Crippen LogP contribution in [0, 0.1) is 11.3 Å². The number of Topliss-reactive ketones (excluding diaryl/α,β-unsaturated/α-hetero) is 1. The molecule has 0 aromatic heterocycles. The van der Waals surface area contributed by atoms with Crippen LogP contribution in [0.5, 0.6) is 0 Å². The standard InChI is InChI=1S/C15H25N3O6/c1-9(2)14(4-5-14)7-11(20)15(16,17)13(22)24-18-10(8-19)6-12(21)23-3/h8-10,18H,4-7,16-17H2,1-3H3/t10-/m0/s1. The minimum atomic E-state index is -2.32. The molecule has 0 unspecified atom stereocenters. The molecular weight excluding hydrogens is 318 g/mol. The van der Waals surface area contributed by atoms with E-state index in [1.54, 1.807) is 0 Å². The summed E-state index contributed by atoms with van der Waals surface area (Å²) in [6, 6.07) is -1.13. The summed E-state index contributed by atoms with van der Waals surface area (Å²) in [7, 11) is 1.15. The van der Waals surface area contributed by atoms with E-state index in [9.17, 15) is 19.2 Å².